The van der Waals surface area contributed by atoms with Crippen LogP contribution in [0.1, 0.15) is 77.2 Å². The van der Waals surface area contributed by atoms with Crippen molar-refractivity contribution in [1.82, 2.24) is 0 Å². The highest BCUT2D eigenvalue weighted by molar-refractivity contribution is 5.71. The van der Waals surface area contributed by atoms with Gasteiger partial charge < -0.3 is 19.3 Å². The Hall–Kier alpha value is -2.53. The number of hydrogen-bond acceptors (Lipinski definition) is 4. The monoisotopic (exact) mass is 466 g/mol. The van der Waals surface area contributed by atoms with Crippen LogP contribution in [0.3, 0.4) is 0 Å². The first-order valence-electron chi connectivity index (χ1n) is 12.4. The summed E-state index contributed by atoms with van der Waals surface area (Å²) in [7, 11) is 0. The lowest BCUT2D eigenvalue weighted by atomic mass is 9.70. The van der Waals surface area contributed by atoms with Crippen molar-refractivity contribution in [3.63, 3.8) is 0 Å². The molecule has 1 N–H and O–H groups in total. The maximum Gasteiger partial charge on any atom is 0.309 e. The Bertz CT molecular complexity index is 1020. The standard InChI is InChI=1S/C29H38O5/c1-7-32-20-12-8-18(9-13-20)10-14-24-22(27(30)31)17-23-26(33-24)21-16-19(28(2,3)4)11-15-25(21)34-29(23,5)6/h8-9,11-13,15-16,22-24,26H,7,10,14,17H2,1-6H3,(H,30,31)/t22-,23+,24+,26-/m1/s1. The van der Waals surface area contributed by atoms with Crippen LogP contribution in [-0.2, 0) is 21.4 Å². The molecule has 2 aliphatic rings. The molecule has 0 bridgehead atoms. The van der Waals surface area contributed by atoms with E-state index in [1.165, 1.54) is 5.56 Å². The average Bonchev–Trinajstić information content (AvgIpc) is 2.77. The molecule has 0 aromatic heterocycles. The summed E-state index contributed by atoms with van der Waals surface area (Å²) in [5, 5.41) is 10.1. The summed E-state index contributed by atoms with van der Waals surface area (Å²) < 4.78 is 18.6. The van der Waals surface area contributed by atoms with Gasteiger partial charge in [-0.15, -0.1) is 0 Å². The molecular weight excluding hydrogens is 428 g/mol. The predicted octanol–water partition coefficient (Wildman–Crippen LogP) is 6.33. The molecule has 5 heteroatoms. The molecule has 0 amide bonds. The van der Waals surface area contributed by atoms with E-state index in [0.717, 1.165) is 29.0 Å². The molecule has 1 saturated heterocycles. The van der Waals surface area contributed by atoms with E-state index in [2.05, 4.69) is 51.1 Å². The van der Waals surface area contributed by atoms with Crippen LogP contribution in [0.2, 0.25) is 0 Å². The molecule has 0 aliphatic carbocycles. The van der Waals surface area contributed by atoms with Gasteiger partial charge in [0.2, 0.25) is 0 Å². The van der Waals surface area contributed by atoms with E-state index < -0.39 is 17.5 Å². The second-order valence-electron chi connectivity index (χ2n) is 11.2. The van der Waals surface area contributed by atoms with Crippen molar-refractivity contribution >= 4 is 5.97 Å². The molecule has 4 atom stereocenters. The van der Waals surface area contributed by atoms with E-state index in [1.807, 2.05) is 32.9 Å². The van der Waals surface area contributed by atoms with Crippen molar-refractivity contribution in [2.45, 2.75) is 84.0 Å². The third-order valence-corrected chi connectivity index (χ3v) is 7.36. The number of carboxylic acid groups (broad SMARTS) is 1. The van der Waals surface area contributed by atoms with Gasteiger partial charge in [-0.05, 0) is 80.8 Å². The quantitative estimate of drug-likeness (QED) is 0.539. The van der Waals surface area contributed by atoms with Crippen molar-refractivity contribution in [3.8, 4) is 11.5 Å². The van der Waals surface area contributed by atoms with Crippen LogP contribution in [-0.4, -0.2) is 29.4 Å². The van der Waals surface area contributed by atoms with Crippen molar-refractivity contribution < 1.29 is 24.1 Å². The number of hydrogen-bond donors (Lipinski definition) is 1. The second-order valence-corrected chi connectivity index (χ2v) is 11.2. The Morgan fingerprint density at radius 3 is 2.47 bits per heavy atom. The molecule has 2 heterocycles. The van der Waals surface area contributed by atoms with Gasteiger partial charge in [0.05, 0.1) is 24.7 Å². The van der Waals surface area contributed by atoms with Crippen molar-refractivity contribution in [1.29, 1.82) is 0 Å². The first-order chi connectivity index (χ1) is 16.0. The fraction of sp³-hybridized carbons (Fsp3) is 0.552. The minimum atomic E-state index is -0.791. The fourth-order valence-corrected chi connectivity index (χ4v) is 5.31. The van der Waals surface area contributed by atoms with Crippen molar-refractivity contribution in [2.75, 3.05) is 6.61 Å². The lowest BCUT2D eigenvalue weighted by molar-refractivity contribution is -0.188. The molecule has 0 radical (unpaired) electrons. The largest absolute Gasteiger partial charge is 0.494 e. The zero-order valence-corrected chi connectivity index (χ0v) is 21.3. The Labute approximate surface area is 203 Å². The Kier molecular flexibility index (Phi) is 6.69. The summed E-state index contributed by atoms with van der Waals surface area (Å²) in [6.45, 7) is 13.3. The van der Waals surface area contributed by atoms with E-state index in [0.29, 0.717) is 19.4 Å². The van der Waals surface area contributed by atoms with Crippen LogP contribution >= 0.6 is 0 Å². The van der Waals surface area contributed by atoms with E-state index >= 15 is 0 Å². The van der Waals surface area contributed by atoms with Crippen molar-refractivity contribution in [2.24, 2.45) is 11.8 Å². The van der Waals surface area contributed by atoms with Crippen LogP contribution in [0, 0.1) is 11.8 Å². The molecule has 0 unspecified atom stereocenters. The van der Waals surface area contributed by atoms with Crippen LogP contribution in [0.5, 0.6) is 11.5 Å². The molecule has 2 aliphatic heterocycles. The van der Waals surface area contributed by atoms with Gasteiger partial charge >= 0.3 is 5.97 Å². The summed E-state index contributed by atoms with van der Waals surface area (Å²) in [5.41, 5.74) is 2.92. The highest BCUT2D eigenvalue weighted by Gasteiger charge is 2.52. The van der Waals surface area contributed by atoms with Gasteiger partial charge in [-0.25, -0.2) is 0 Å². The van der Waals surface area contributed by atoms with Gasteiger partial charge in [-0.3, -0.25) is 4.79 Å². The number of carbonyl (C=O) groups is 1. The molecule has 0 spiro atoms. The minimum absolute atomic E-state index is 0.00279. The van der Waals surface area contributed by atoms with Gasteiger partial charge in [0.1, 0.15) is 17.1 Å². The molecule has 2 aromatic rings. The topological polar surface area (TPSA) is 65.0 Å². The smallest absolute Gasteiger partial charge is 0.309 e. The third-order valence-electron chi connectivity index (χ3n) is 7.36. The first kappa shape index (κ1) is 24.6. The SMILES string of the molecule is CCOc1ccc(CC[C@@H]2O[C@@H]3c4cc(C(C)(C)C)ccc4OC(C)(C)[C@H]3C[C@H]2C(=O)O)cc1. The predicted molar refractivity (Wildman–Crippen MR) is 133 cm³/mol. The van der Waals surface area contributed by atoms with Crippen LogP contribution in [0.25, 0.3) is 0 Å². The summed E-state index contributed by atoms with van der Waals surface area (Å²) in [5.74, 6) is 0.317. The lowest BCUT2D eigenvalue weighted by Gasteiger charge is -2.50. The Balaban J connectivity index is 1.60. The van der Waals surface area contributed by atoms with Crippen LogP contribution < -0.4 is 9.47 Å². The molecule has 184 valence electrons. The maximum atomic E-state index is 12.3. The summed E-state index contributed by atoms with van der Waals surface area (Å²) in [6, 6.07) is 14.4. The highest BCUT2D eigenvalue weighted by atomic mass is 16.5. The zero-order valence-electron chi connectivity index (χ0n) is 21.3. The molecule has 2 aromatic carbocycles. The van der Waals surface area contributed by atoms with E-state index in [1.54, 1.807) is 0 Å². The number of benzene rings is 2. The van der Waals surface area contributed by atoms with Gasteiger partial charge in [0.15, 0.2) is 0 Å². The van der Waals surface area contributed by atoms with Crippen LogP contribution in [0.4, 0.5) is 0 Å². The molecule has 5 nitrogen and oxygen atoms in total. The molecule has 0 saturated carbocycles. The summed E-state index contributed by atoms with van der Waals surface area (Å²) >= 11 is 0. The molecule has 4 rings (SSSR count). The fourth-order valence-electron chi connectivity index (χ4n) is 5.31. The highest BCUT2D eigenvalue weighted by Crippen LogP contribution is 2.53. The van der Waals surface area contributed by atoms with Gasteiger partial charge in [-0.1, -0.05) is 39.0 Å². The zero-order chi connectivity index (χ0) is 24.7. The lowest BCUT2D eigenvalue weighted by Crippen LogP contribution is -2.52. The third kappa shape index (κ3) is 4.95. The summed E-state index contributed by atoms with van der Waals surface area (Å²) in [6.07, 6.45) is 1.42. The number of aryl methyl sites for hydroxylation is 1. The molecule has 34 heavy (non-hydrogen) atoms. The molecular formula is C29H38O5. The number of ether oxygens (including phenoxy) is 3. The minimum Gasteiger partial charge on any atom is -0.494 e. The second kappa shape index (κ2) is 9.26. The van der Waals surface area contributed by atoms with E-state index in [4.69, 9.17) is 14.2 Å². The number of carboxylic acids is 1. The van der Waals surface area contributed by atoms with Gasteiger partial charge in [-0.2, -0.15) is 0 Å². The Morgan fingerprint density at radius 1 is 1.15 bits per heavy atom. The maximum absolute atomic E-state index is 12.3. The normalized spacial score (nSPS) is 25.6. The van der Waals surface area contributed by atoms with Gasteiger partial charge in [0.25, 0.3) is 0 Å². The number of rotatable bonds is 6. The van der Waals surface area contributed by atoms with E-state index in [9.17, 15) is 9.90 Å². The summed E-state index contributed by atoms with van der Waals surface area (Å²) in [4.78, 5) is 12.3. The number of aliphatic carboxylic acids is 1. The molecule has 1 fully saturated rings. The van der Waals surface area contributed by atoms with Crippen molar-refractivity contribution in [3.05, 3.63) is 59.2 Å². The average molecular weight is 467 g/mol. The first-order valence-corrected chi connectivity index (χ1v) is 12.4. The number of fused-ring (bicyclic) bond motifs is 3. The van der Waals surface area contributed by atoms with E-state index in [-0.39, 0.29) is 23.5 Å². The van der Waals surface area contributed by atoms with Crippen LogP contribution in [0.15, 0.2) is 42.5 Å². The van der Waals surface area contributed by atoms with Gasteiger partial charge in [0, 0.05) is 11.5 Å². The Morgan fingerprint density at radius 2 is 1.85 bits per heavy atom.